The van der Waals surface area contributed by atoms with Gasteiger partial charge in [0.2, 0.25) is 0 Å². The third kappa shape index (κ3) is 3.35. The number of thioether (sulfide) groups is 2. The summed E-state index contributed by atoms with van der Waals surface area (Å²) in [6.07, 6.45) is 0. The van der Waals surface area contributed by atoms with Crippen LogP contribution in [0.15, 0.2) is 23.3 Å². The molecule has 0 spiro atoms. The zero-order chi connectivity index (χ0) is 13.1. The molecule has 2 rings (SSSR count). The van der Waals surface area contributed by atoms with Crippen LogP contribution >= 0.6 is 46.7 Å². The van der Waals surface area contributed by atoms with Gasteiger partial charge in [0.1, 0.15) is 0 Å². The number of hydrazone groups is 1. The molecule has 0 aliphatic carbocycles. The highest BCUT2D eigenvalue weighted by atomic mass is 35.5. The van der Waals surface area contributed by atoms with Gasteiger partial charge in [0, 0.05) is 24.1 Å². The van der Waals surface area contributed by atoms with Crippen molar-refractivity contribution in [2.24, 2.45) is 5.10 Å². The zero-order valence-electron chi connectivity index (χ0n) is 9.52. The van der Waals surface area contributed by atoms with Gasteiger partial charge in [0.05, 0.1) is 10.0 Å². The standard InChI is InChI=1S/C11H10Cl2N2OS2/c1-15(14-11-17-4-5-18-11)10(16)7-2-3-8(12)9(13)6-7/h2-3,6H,4-5H2,1H3. The molecule has 0 saturated carbocycles. The van der Waals surface area contributed by atoms with Gasteiger partial charge in [-0.05, 0) is 18.2 Å². The van der Waals surface area contributed by atoms with E-state index in [1.54, 1.807) is 48.8 Å². The van der Waals surface area contributed by atoms with Gasteiger partial charge in [-0.3, -0.25) is 4.79 Å². The van der Waals surface area contributed by atoms with Gasteiger partial charge in [-0.1, -0.05) is 46.7 Å². The Bertz CT molecular complexity index is 500. The van der Waals surface area contributed by atoms with Crippen molar-refractivity contribution in [3.63, 3.8) is 0 Å². The number of carbonyl (C=O) groups excluding carboxylic acids is 1. The highest BCUT2D eigenvalue weighted by molar-refractivity contribution is 8.41. The van der Waals surface area contributed by atoms with Crippen LogP contribution in [-0.2, 0) is 0 Å². The quantitative estimate of drug-likeness (QED) is 0.777. The summed E-state index contributed by atoms with van der Waals surface area (Å²) in [6, 6.07) is 4.80. The minimum absolute atomic E-state index is 0.200. The van der Waals surface area contributed by atoms with E-state index in [2.05, 4.69) is 5.10 Å². The molecule has 18 heavy (non-hydrogen) atoms. The molecule has 1 fully saturated rings. The third-order valence-electron chi connectivity index (χ3n) is 2.23. The summed E-state index contributed by atoms with van der Waals surface area (Å²) in [7, 11) is 1.64. The van der Waals surface area contributed by atoms with E-state index in [0.717, 1.165) is 15.9 Å². The lowest BCUT2D eigenvalue weighted by Crippen LogP contribution is -2.21. The Balaban J connectivity index is 2.14. The van der Waals surface area contributed by atoms with E-state index in [0.29, 0.717) is 15.6 Å². The predicted octanol–water partition coefficient (Wildman–Crippen LogP) is 3.82. The SMILES string of the molecule is CN(N=C1SCCS1)C(=O)c1ccc(Cl)c(Cl)c1. The van der Waals surface area contributed by atoms with Gasteiger partial charge in [-0.15, -0.1) is 0 Å². The first-order chi connectivity index (χ1) is 8.58. The van der Waals surface area contributed by atoms with Crippen LogP contribution in [0.5, 0.6) is 0 Å². The second-order valence-electron chi connectivity index (χ2n) is 3.52. The summed E-state index contributed by atoms with van der Waals surface area (Å²) in [5, 5.41) is 6.39. The summed E-state index contributed by atoms with van der Waals surface area (Å²) in [4.78, 5) is 12.1. The van der Waals surface area contributed by atoms with E-state index in [4.69, 9.17) is 23.2 Å². The van der Waals surface area contributed by atoms with Crippen LogP contribution in [0, 0.1) is 0 Å². The average molecular weight is 321 g/mol. The molecule has 0 unspecified atom stereocenters. The average Bonchev–Trinajstić information content (AvgIpc) is 2.84. The van der Waals surface area contributed by atoms with Gasteiger partial charge >= 0.3 is 0 Å². The molecule has 0 radical (unpaired) electrons. The molecular weight excluding hydrogens is 311 g/mol. The Morgan fingerprint density at radius 2 is 1.94 bits per heavy atom. The molecule has 96 valence electrons. The molecule has 0 bridgehead atoms. The minimum Gasteiger partial charge on any atom is -0.267 e. The van der Waals surface area contributed by atoms with E-state index in [1.165, 1.54) is 5.01 Å². The summed E-state index contributed by atoms with van der Waals surface area (Å²) in [5.74, 6) is 1.88. The fourth-order valence-corrected chi connectivity index (χ4v) is 3.85. The first kappa shape index (κ1) is 14.1. The molecule has 1 saturated heterocycles. The lowest BCUT2D eigenvalue weighted by atomic mass is 10.2. The Labute approximate surface area is 124 Å². The van der Waals surface area contributed by atoms with Gasteiger partial charge in [-0.2, -0.15) is 5.10 Å². The molecule has 1 heterocycles. The predicted molar refractivity (Wildman–Crippen MR) is 80.9 cm³/mol. The fraction of sp³-hybridized carbons (Fsp3) is 0.273. The van der Waals surface area contributed by atoms with Crippen molar-refractivity contribution in [3.05, 3.63) is 33.8 Å². The van der Waals surface area contributed by atoms with Gasteiger partial charge in [0.15, 0.2) is 4.38 Å². The second-order valence-corrected chi connectivity index (χ2v) is 6.76. The summed E-state index contributed by atoms with van der Waals surface area (Å²) in [5.41, 5.74) is 0.476. The van der Waals surface area contributed by atoms with E-state index >= 15 is 0 Å². The molecule has 3 nitrogen and oxygen atoms in total. The van der Waals surface area contributed by atoms with Crippen LogP contribution < -0.4 is 0 Å². The second kappa shape index (κ2) is 6.19. The van der Waals surface area contributed by atoms with Gasteiger partial charge in [0.25, 0.3) is 5.91 Å². The van der Waals surface area contributed by atoms with Crippen LogP contribution in [0.1, 0.15) is 10.4 Å². The van der Waals surface area contributed by atoms with Crippen LogP contribution in [-0.4, -0.2) is 33.8 Å². The van der Waals surface area contributed by atoms with E-state index < -0.39 is 0 Å². The number of carbonyl (C=O) groups is 1. The maximum atomic E-state index is 12.1. The Morgan fingerprint density at radius 1 is 1.28 bits per heavy atom. The summed E-state index contributed by atoms with van der Waals surface area (Å²) >= 11 is 15.0. The maximum absolute atomic E-state index is 12.1. The summed E-state index contributed by atoms with van der Waals surface area (Å²) < 4.78 is 0.922. The lowest BCUT2D eigenvalue weighted by molar-refractivity contribution is 0.0800. The Hall–Kier alpha value is -0.360. The van der Waals surface area contributed by atoms with Gasteiger partial charge in [-0.25, -0.2) is 5.01 Å². The fourth-order valence-electron chi connectivity index (χ4n) is 1.34. The number of amides is 1. The number of hydrogen-bond acceptors (Lipinski definition) is 4. The van der Waals surface area contributed by atoms with Crippen molar-refractivity contribution >= 4 is 57.0 Å². The van der Waals surface area contributed by atoms with Crippen molar-refractivity contribution in [1.29, 1.82) is 0 Å². The molecule has 1 aromatic rings. The molecule has 1 aliphatic heterocycles. The van der Waals surface area contributed by atoms with Crippen LogP contribution in [0.2, 0.25) is 10.0 Å². The molecule has 1 aliphatic rings. The van der Waals surface area contributed by atoms with Crippen LogP contribution in [0.4, 0.5) is 0 Å². The number of benzene rings is 1. The maximum Gasteiger partial charge on any atom is 0.273 e. The normalized spacial score (nSPS) is 14.7. The van der Waals surface area contributed by atoms with Crippen molar-refractivity contribution in [2.75, 3.05) is 18.6 Å². The Morgan fingerprint density at radius 3 is 2.56 bits per heavy atom. The van der Waals surface area contributed by atoms with E-state index in [1.807, 2.05) is 0 Å². The molecule has 0 atom stereocenters. The van der Waals surface area contributed by atoms with Crippen molar-refractivity contribution < 1.29 is 4.79 Å². The van der Waals surface area contributed by atoms with Gasteiger partial charge < -0.3 is 0 Å². The molecule has 1 amide bonds. The third-order valence-corrected chi connectivity index (χ3v) is 5.40. The van der Waals surface area contributed by atoms with E-state index in [-0.39, 0.29) is 5.91 Å². The number of halogens is 2. The topological polar surface area (TPSA) is 32.7 Å². The molecular formula is C11H10Cl2N2OS2. The molecule has 0 aromatic heterocycles. The Kier molecular flexibility index (Phi) is 4.84. The molecule has 0 N–H and O–H groups in total. The van der Waals surface area contributed by atoms with Crippen LogP contribution in [0.3, 0.4) is 0 Å². The van der Waals surface area contributed by atoms with E-state index in [9.17, 15) is 4.79 Å². The first-order valence-corrected chi connectivity index (χ1v) is 7.88. The number of nitrogens with zero attached hydrogens (tertiary/aromatic N) is 2. The summed E-state index contributed by atoms with van der Waals surface area (Å²) in [6.45, 7) is 0. The van der Waals surface area contributed by atoms with Crippen molar-refractivity contribution in [3.8, 4) is 0 Å². The zero-order valence-corrected chi connectivity index (χ0v) is 12.7. The minimum atomic E-state index is -0.200. The number of hydrogen-bond donors (Lipinski definition) is 0. The monoisotopic (exact) mass is 320 g/mol. The smallest absolute Gasteiger partial charge is 0.267 e. The number of rotatable bonds is 2. The molecule has 7 heteroatoms. The molecule has 1 aromatic carbocycles. The van der Waals surface area contributed by atoms with Crippen LogP contribution in [0.25, 0.3) is 0 Å². The lowest BCUT2D eigenvalue weighted by Gasteiger charge is -2.12. The highest BCUT2D eigenvalue weighted by Crippen LogP contribution is 2.27. The first-order valence-electron chi connectivity index (χ1n) is 5.15. The highest BCUT2D eigenvalue weighted by Gasteiger charge is 2.16. The van der Waals surface area contributed by atoms with Crippen molar-refractivity contribution in [1.82, 2.24) is 5.01 Å². The largest absolute Gasteiger partial charge is 0.273 e. The van der Waals surface area contributed by atoms with Crippen molar-refractivity contribution in [2.45, 2.75) is 0 Å².